The van der Waals surface area contributed by atoms with E-state index < -0.39 is 5.91 Å². The van der Waals surface area contributed by atoms with Crippen LogP contribution < -0.4 is 4.80 Å². The molecule has 0 atom stereocenters. The smallest absolute Gasteiger partial charge is 0.315 e. The molecule has 5 nitrogen and oxygen atoms in total. The molecule has 0 bridgehead atoms. The number of rotatable bonds is 1. The number of furan rings is 1. The van der Waals surface area contributed by atoms with Crippen LogP contribution in [-0.2, 0) is 0 Å². The molecule has 3 rings (SSSR count). The van der Waals surface area contributed by atoms with Crippen molar-refractivity contribution in [3.05, 3.63) is 40.5 Å². The summed E-state index contributed by atoms with van der Waals surface area (Å²) in [7, 11) is 0. The van der Waals surface area contributed by atoms with Crippen molar-refractivity contribution >= 4 is 33.7 Å². The van der Waals surface area contributed by atoms with Crippen molar-refractivity contribution in [1.82, 2.24) is 8.77 Å². The first-order valence-electron chi connectivity index (χ1n) is 4.39. The molecule has 16 heavy (non-hydrogen) atoms. The maximum absolute atomic E-state index is 11.6. The summed E-state index contributed by atoms with van der Waals surface area (Å²) in [5, 5.41) is 1.93. The van der Waals surface area contributed by atoms with E-state index in [4.69, 9.17) is 4.42 Å². The predicted molar refractivity (Wildman–Crippen MR) is 59.5 cm³/mol. The molecule has 3 heterocycles. The monoisotopic (exact) mass is 251 g/mol. The molecule has 0 saturated heterocycles. The molecule has 0 aliphatic carbocycles. The van der Waals surface area contributed by atoms with E-state index in [1.54, 1.807) is 12.1 Å². The summed E-state index contributed by atoms with van der Waals surface area (Å²) in [4.78, 5) is 20.9. The zero-order valence-electron chi connectivity index (χ0n) is 7.86. The topological polar surface area (TPSA) is 59.9 Å². The van der Waals surface area contributed by atoms with Crippen molar-refractivity contribution < 1.29 is 9.21 Å². The summed E-state index contributed by atoms with van der Waals surface area (Å²) in [6.45, 7) is 0. The molecular weight excluding hydrogens is 246 g/mol. The Bertz CT molecular complexity index is 658. The van der Waals surface area contributed by atoms with E-state index in [1.165, 1.54) is 29.1 Å². The highest BCUT2D eigenvalue weighted by Crippen LogP contribution is 2.08. The quantitative estimate of drug-likeness (QED) is 0.662. The van der Waals surface area contributed by atoms with E-state index in [9.17, 15) is 4.79 Å². The van der Waals surface area contributed by atoms with Crippen molar-refractivity contribution in [2.75, 3.05) is 0 Å². The second kappa shape index (κ2) is 3.69. The Hall–Kier alpha value is -1.73. The van der Waals surface area contributed by atoms with Gasteiger partial charge in [0.1, 0.15) is 0 Å². The van der Waals surface area contributed by atoms with Gasteiger partial charge in [-0.15, -0.1) is 11.3 Å². The van der Waals surface area contributed by atoms with Crippen molar-refractivity contribution in [1.29, 1.82) is 0 Å². The molecule has 0 spiro atoms. The van der Waals surface area contributed by atoms with Gasteiger partial charge in [0.15, 0.2) is 5.76 Å². The van der Waals surface area contributed by atoms with E-state index in [0.29, 0.717) is 4.80 Å². The Kier molecular flexibility index (Phi) is 2.19. The third-order valence-corrected chi connectivity index (χ3v) is 3.57. The van der Waals surface area contributed by atoms with E-state index in [0.717, 1.165) is 4.96 Å². The third kappa shape index (κ3) is 1.59. The van der Waals surface area contributed by atoms with Crippen LogP contribution >= 0.6 is 22.9 Å². The van der Waals surface area contributed by atoms with Crippen molar-refractivity contribution in [3.8, 4) is 0 Å². The van der Waals surface area contributed by atoms with E-state index in [-0.39, 0.29) is 5.76 Å². The molecule has 0 aliphatic rings. The lowest BCUT2D eigenvalue weighted by Crippen LogP contribution is -2.03. The van der Waals surface area contributed by atoms with Crippen LogP contribution in [0.25, 0.3) is 4.96 Å². The Morgan fingerprint density at radius 1 is 1.56 bits per heavy atom. The van der Waals surface area contributed by atoms with Gasteiger partial charge < -0.3 is 4.42 Å². The minimum absolute atomic E-state index is 0.226. The predicted octanol–water partition coefficient (Wildman–Crippen LogP) is 1.79. The molecule has 3 aromatic heterocycles. The van der Waals surface area contributed by atoms with Gasteiger partial charge >= 0.3 is 5.91 Å². The summed E-state index contributed by atoms with van der Waals surface area (Å²) in [5.74, 6) is -0.185. The van der Waals surface area contributed by atoms with Gasteiger partial charge in [-0.2, -0.15) is 9.98 Å². The number of hydrogen-bond acceptors (Lipinski definition) is 5. The van der Waals surface area contributed by atoms with Crippen LogP contribution in [0, 0.1) is 0 Å². The lowest BCUT2D eigenvalue weighted by atomic mass is 10.4. The molecule has 7 heteroatoms. The second-order valence-corrected chi connectivity index (χ2v) is 4.71. The first-order valence-corrected chi connectivity index (χ1v) is 6.04. The Balaban J connectivity index is 2.04. The number of nitrogens with zero attached hydrogens (tertiary/aromatic N) is 3. The molecule has 1 amide bonds. The molecule has 0 aliphatic heterocycles. The molecule has 0 fully saturated rings. The lowest BCUT2D eigenvalue weighted by Gasteiger charge is -1.83. The highest BCUT2D eigenvalue weighted by atomic mass is 32.1. The third-order valence-electron chi connectivity index (χ3n) is 1.86. The molecule has 0 N–H and O–H groups in total. The normalized spacial score (nSPS) is 12.4. The molecule has 3 aromatic rings. The maximum atomic E-state index is 11.6. The van der Waals surface area contributed by atoms with Gasteiger partial charge in [0.25, 0.3) is 0 Å². The van der Waals surface area contributed by atoms with E-state index in [1.807, 2.05) is 15.4 Å². The number of hydrogen-bond donors (Lipinski definition) is 0. The van der Waals surface area contributed by atoms with E-state index >= 15 is 0 Å². The van der Waals surface area contributed by atoms with Crippen LogP contribution in [-0.4, -0.2) is 14.7 Å². The highest BCUT2D eigenvalue weighted by molar-refractivity contribution is 7.17. The lowest BCUT2D eigenvalue weighted by molar-refractivity contribution is 0.0972. The fourth-order valence-electron chi connectivity index (χ4n) is 1.19. The van der Waals surface area contributed by atoms with Crippen LogP contribution in [0.2, 0.25) is 0 Å². The Morgan fingerprint density at radius 2 is 2.50 bits per heavy atom. The van der Waals surface area contributed by atoms with Crippen LogP contribution in [0.15, 0.2) is 39.4 Å². The second-order valence-electron chi connectivity index (χ2n) is 2.89. The number of thiazole rings is 1. The first-order chi connectivity index (χ1) is 7.83. The van der Waals surface area contributed by atoms with Gasteiger partial charge in [-0.3, -0.25) is 4.79 Å². The largest absolute Gasteiger partial charge is 0.459 e. The number of fused-ring (bicyclic) bond motifs is 1. The number of carbonyl (C=O) groups excluding carboxylic acids is 1. The molecule has 0 saturated carbocycles. The Morgan fingerprint density at radius 3 is 3.25 bits per heavy atom. The maximum Gasteiger partial charge on any atom is 0.315 e. The Labute approximate surface area is 97.5 Å². The first kappa shape index (κ1) is 9.49. The molecule has 0 unspecified atom stereocenters. The molecule has 0 aromatic carbocycles. The zero-order chi connectivity index (χ0) is 11.0. The van der Waals surface area contributed by atoms with Crippen LogP contribution in [0.4, 0.5) is 0 Å². The minimum atomic E-state index is -0.410. The number of amides is 1. The van der Waals surface area contributed by atoms with Crippen LogP contribution in [0.3, 0.4) is 0 Å². The van der Waals surface area contributed by atoms with Crippen molar-refractivity contribution in [2.45, 2.75) is 0 Å². The molecular formula is C9H5N3O2S2. The van der Waals surface area contributed by atoms with Gasteiger partial charge in [0.2, 0.25) is 9.76 Å². The molecule has 80 valence electrons. The van der Waals surface area contributed by atoms with Gasteiger partial charge in [0.05, 0.1) is 6.26 Å². The summed E-state index contributed by atoms with van der Waals surface area (Å²) in [5.41, 5.74) is 0. The van der Waals surface area contributed by atoms with Gasteiger partial charge in [-0.25, -0.2) is 3.79 Å². The summed E-state index contributed by atoms with van der Waals surface area (Å²) in [6, 6.07) is 3.23. The van der Waals surface area contributed by atoms with Crippen molar-refractivity contribution in [3.63, 3.8) is 0 Å². The average molecular weight is 251 g/mol. The number of aromatic nitrogens is 2. The summed E-state index contributed by atoms with van der Waals surface area (Å²) < 4.78 is 6.81. The van der Waals surface area contributed by atoms with Crippen molar-refractivity contribution in [2.24, 2.45) is 4.99 Å². The van der Waals surface area contributed by atoms with Gasteiger partial charge in [0, 0.05) is 11.6 Å². The van der Waals surface area contributed by atoms with Gasteiger partial charge in [-0.1, -0.05) is 0 Å². The van der Waals surface area contributed by atoms with Crippen LogP contribution in [0.5, 0.6) is 0 Å². The van der Waals surface area contributed by atoms with Crippen LogP contribution in [0.1, 0.15) is 10.6 Å². The fraction of sp³-hybridized carbons (Fsp3) is 0. The zero-order valence-corrected chi connectivity index (χ0v) is 9.49. The number of carbonyl (C=O) groups is 1. The van der Waals surface area contributed by atoms with Gasteiger partial charge in [-0.05, 0) is 23.7 Å². The van der Waals surface area contributed by atoms with E-state index in [2.05, 4.69) is 9.98 Å². The standard InChI is InChI=1S/C9H5N3O2S2/c13-7(6-2-1-4-14-6)10-8-11-9-12(16-8)3-5-15-9/h1-5H. The molecule has 0 radical (unpaired) electrons. The fourth-order valence-corrected chi connectivity index (χ4v) is 2.84. The average Bonchev–Trinajstić information content (AvgIpc) is 2.91. The SMILES string of the molecule is O=C(N=c1nc2sccn2s1)c1ccco1. The minimum Gasteiger partial charge on any atom is -0.459 e. The summed E-state index contributed by atoms with van der Waals surface area (Å²) >= 11 is 2.82. The summed E-state index contributed by atoms with van der Waals surface area (Å²) in [6.07, 6.45) is 3.33. The highest BCUT2D eigenvalue weighted by Gasteiger charge is 2.07.